The summed E-state index contributed by atoms with van der Waals surface area (Å²) < 4.78 is 0. The second kappa shape index (κ2) is 4.22. The maximum absolute atomic E-state index is 10.6. The minimum atomic E-state index is -0.355. The number of hydrogen-bond acceptors (Lipinski definition) is 2. The minimum Gasteiger partial charge on any atom is -0.258 e. The molecule has 0 amide bonds. The van der Waals surface area contributed by atoms with Gasteiger partial charge in [-0.1, -0.05) is 26.8 Å². The number of non-ortho nitro benzene ring substituents is 1. The lowest BCUT2D eigenvalue weighted by molar-refractivity contribution is -0.384. The molecular weight excluding hydrogens is 178 g/mol. The molecule has 0 bridgehead atoms. The molecule has 75 valence electrons. The molecule has 0 aliphatic rings. The van der Waals surface area contributed by atoms with Crippen molar-refractivity contribution in [2.24, 2.45) is 0 Å². The van der Waals surface area contributed by atoms with Crippen molar-refractivity contribution in [2.45, 2.75) is 27.2 Å². The zero-order valence-corrected chi connectivity index (χ0v) is 8.70. The molecule has 0 spiro atoms. The van der Waals surface area contributed by atoms with Crippen molar-refractivity contribution in [3.63, 3.8) is 0 Å². The predicted molar refractivity (Wildman–Crippen MR) is 56.2 cm³/mol. The summed E-state index contributed by atoms with van der Waals surface area (Å²) in [6.45, 7) is 5.99. The SMILES string of the molecule is CCc1ccc([N+](=O)[O-])cc1[C](C)C. The summed E-state index contributed by atoms with van der Waals surface area (Å²) in [5.74, 6) is 1.12. The number of aryl methyl sites for hydroxylation is 1. The van der Waals surface area contributed by atoms with E-state index in [1.165, 1.54) is 0 Å². The molecule has 0 aliphatic carbocycles. The summed E-state index contributed by atoms with van der Waals surface area (Å²) >= 11 is 0. The van der Waals surface area contributed by atoms with E-state index in [9.17, 15) is 10.1 Å². The summed E-state index contributed by atoms with van der Waals surface area (Å²) in [5.41, 5.74) is 2.33. The van der Waals surface area contributed by atoms with Crippen molar-refractivity contribution in [1.82, 2.24) is 0 Å². The molecule has 0 aliphatic heterocycles. The highest BCUT2D eigenvalue weighted by Crippen LogP contribution is 2.24. The third kappa shape index (κ3) is 2.10. The van der Waals surface area contributed by atoms with E-state index in [0.717, 1.165) is 23.5 Å². The molecule has 14 heavy (non-hydrogen) atoms. The first-order valence-corrected chi connectivity index (χ1v) is 4.64. The van der Waals surface area contributed by atoms with Crippen LogP contribution >= 0.6 is 0 Å². The second-order valence-corrected chi connectivity index (χ2v) is 3.45. The highest BCUT2D eigenvalue weighted by molar-refractivity contribution is 5.45. The normalized spacial score (nSPS) is 10.6. The van der Waals surface area contributed by atoms with Crippen molar-refractivity contribution in [3.8, 4) is 0 Å². The zero-order valence-electron chi connectivity index (χ0n) is 8.70. The quantitative estimate of drug-likeness (QED) is 0.545. The van der Waals surface area contributed by atoms with Gasteiger partial charge in [0.1, 0.15) is 0 Å². The Bertz CT molecular complexity index is 345. The number of nitrogens with zero attached hydrogens (tertiary/aromatic N) is 1. The molecular formula is C11H14NO2. The Balaban J connectivity index is 3.20. The Hall–Kier alpha value is -1.38. The van der Waals surface area contributed by atoms with E-state index in [2.05, 4.69) is 0 Å². The van der Waals surface area contributed by atoms with Crippen LogP contribution in [0.3, 0.4) is 0 Å². The summed E-state index contributed by atoms with van der Waals surface area (Å²) in [5, 5.41) is 10.6. The Kier molecular flexibility index (Phi) is 3.23. The van der Waals surface area contributed by atoms with Gasteiger partial charge in [0, 0.05) is 12.1 Å². The minimum absolute atomic E-state index is 0.165. The third-order valence-electron chi connectivity index (χ3n) is 2.22. The second-order valence-electron chi connectivity index (χ2n) is 3.45. The molecule has 0 fully saturated rings. The van der Waals surface area contributed by atoms with Gasteiger partial charge < -0.3 is 0 Å². The fourth-order valence-electron chi connectivity index (χ4n) is 1.45. The van der Waals surface area contributed by atoms with E-state index < -0.39 is 0 Å². The highest BCUT2D eigenvalue weighted by atomic mass is 16.6. The van der Waals surface area contributed by atoms with Crippen LogP contribution in [0.4, 0.5) is 5.69 Å². The maximum Gasteiger partial charge on any atom is 0.269 e. The van der Waals surface area contributed by atoms with Gasteiger partial charge in [-0.2, -0.15) is 0 Å². The Morgan fingerprint density at radius 1 is 1.43 bits per heavy atom. The standard InChI is InChI=1S/C11H14NO2/c1-4-9-5-6-10(12(13)14)7-11(9)8(2)3/h5-7H,4H2,1-3H3. The molecule has 0 unspecified atom stereocenters. The molecule has 0 saturated carbocycles. The van der Waals surface area contributed by atoms with E-state index in [-0.39, 0.29) is 10.6 Å². The van der Waals surface area contributed by atoms with Crippen molar-refractivity contribution in [3.05, 3.63) is 45.4 Å². The van der Waals surface area contributed by atoms with Crippen LogP contribution in [-0.4, -0.2) is 4.92 Å². The topological polar surface area (TPSA) is 43.1 Å². The van der Waals surface area contributed by atoms with E-state index in [0.29, 0.717) is 0 Å². The monoisotopic (exact) mass is 192 g/mol. The fraction of sp³-hybridized carbons (Fsp3) is 0.364. The number of hydrogen-bond donors (Lipinski definition) is 0. The van der Waals surface area contributed by atoms with Gasteiger partial charge in [0.15, 0.2) is 0 Å². The third-order valence-corrected chi connectivity index (χ3v) is 2.22. The van der Waals surface area contributed by atoms with Gasteiger partial charge in [0.05, 0.1) is 4.92 Å². The van der Waals surface area contributed by atoms with Gasteiger partial charge in [0.25, 0.3) is 5.69 Å². The van der Waals surface area contributed by atoms with E-state index in [1.54, 1.807) is 12.1 Å². The largest absolute Gasteiger partial charge is 0.269 e. The average molecular weight is 192 g/mol. The number of nitro groups is 1. The Morgan fingerprint density at radius 2 is 2.07 bits per heavy atom. The maximum atomic E-state index is 10.6. The summed E-state index contributed by atoms with van der Waals surface area (Å²) in [6.07, 6.45) is 0.901. The predicted octanol–water partition coefficient (Wildman–Crippen LogP) is 3.12. The number of benzene rings is 1. The van der Waals surface area contributed by atoms with Crippen LogP contribution in [0, 0.1) is 16.0 Å². The first-order valence-electron chi connectivity index (χ1n) is 4.64. The molecule has 1 aromatic carbocycles. The Morgan fingerprint density at radius 3 is 2.50 bits per heavy atom. The smallest absolute Gasteiger partial charge is 0.258 e. The van der Waals surface area contributed by atoms with Crippen LogP contribution in [0.15, 0.2) is 18.2 Å². The summed E-state index contributed by atoms with van der Waals surface area (Å²) in [6, 6.07) is 5.04. The lowest BCUT2D eigenvalue weighted by Crippen LogP contribution is -1.98. The molecule has 0 aromatic heterocycles. The van der Waals surface area contributed by atoms with Gasteiger partial charge in [-0.05, 0) is 23.5 Å². The lowest BCUT2D eigenvalue weighted by Gasteiger charge is -2.09. The van der Waals surface area contributed by atoms with Gasteiger partial charge in [-0.3, -0.25) is 10.1 Å². The van der Waals surface area contributed by atoms with Crippen LogP contribution in [0.1, 0.15) is 31.9 Å². The molecule has 3 nitrogen and oxygen atoms in total. The molecule has 1 rings (SSSR count). The molecule has 0 saturated heterocycles. The molecule has 0 heterocycles. The van der Waals surface area contributed by atoms with Crippen molar-refractivity contribution in [2.75, 3.05) is 0 Å². The molecule has 0 N–H and O–H groups in total. The van der Waals surface area contributed by atoms with Crippen molar-refractivity contribution < 1.29 is 4.92 Å². The van der Waals surface area contributed by atoms with Gasteiger partial charge in [-0.15, -0.1) is 0 Å². The lowest BCUT2D eigenvalue weighted by atomic mass is 9.95. The molecule has 0 atom stereocenters. The molecule has 1 aromatic rings. The summed E-state index contributed by atoms with van der Waals surface area (Å²) in [4.78, 5) is 10.2. The first-order chi connectivity index (χ1) is 6.56. The van der Waals surface area contributed by atoms with Crippen molar-refractivity contribution in [1.29, 1.82) is 0 Å². The number of nitro benzene ring substituents is 1. The van der Waals surface area contributed by atoms with E-state index in [4.69, 9.17) is 0 Å². The van der Waals surface area contributed by atoms with Gasteiger partial charge in [-0.25, -0.2) is 0 Å². The van der Waals surface area contributed by atoms with Crippen LogP contribution in [-0.2, 0) is 6.42 Å². The zero-order chi connectivity index (χ0) is 10.7. The van der Waals surface area contributed by atoms with Crippen LogP contribution in [0.25, 0.3) is 0 Å². The highest BCUT2D eigenvalue weighted by Gasteiger charge is 2.12. The molecule has 1 radical (unpaired) electrons. The average Bonchev–Trinajstić information content (AvgIpc) is 2.16. The summed E-state index contributed by atoms with van der Waals surface area (Å²) in [7, 11) is 0. The van der Waals surface area contributed by atoms with Crippen LogP contribution < -0.4 is 0 Å². The van der Waals surface area contributed by atoms with E-state index in [1.807, 2.05) is 26.8 Å². The van der Waals surface area contributed by atoms with Gasteiger partial charge in [0.2, 0.25) is 0 Å². The first kappa shape index (κ1) is 10.7. The van der Waals surface area contributed by atoms with Gasteiger partial charge >= 0.3 is 0 Å². The Labute approximate surface area is 83.9 Å². The van der Waals surface area contributed by atoms with Crippen LogP contribution in [0.5, 0.6) is 0 Å². The van der Waals surface area contributed by atoms with E-state index >= 15 is 0 Å². The fourth-order valence-corrected chi connectivity index (χ4v) is 1.45. The van der Waals surface area contributed by atoms with Crippen LogP contribution in [0.2, 0.25) is 0 Å². The number of rotatable bonds is 3. The van der Waals surface area contributed by atoms with Crippen molar-refractivity contribution >= 4 is 5.69 Å². The molecule has 3 heteroatoms.